The van der Waals surface area contributed by atoms with E-state index in [-0.39, 0.29) is 5.91 Å². The van der Waals surface area contributed by atoms with Crippen molar-refractivity contribution in [3.63, 3.8) is 0 Å². The first-order valence-electron chi connectivity index (χ1n) is 9.19. The highest BCUT2D eigenvalue weighted by molar-refractivity contribution is 7.09. The Morgan fingerprint density at radius 1 is 1.40 bits per heavy atom. The van der Waals surface area contributed by atoms with E-state index in [4.69, 9.17) is 0 Å². The first kappa shape index (κ1) is 19.7. The van der Waals surface area contributed by atoms with Gasteiger partial charge in [0.2, 0.25) is 5.91 Å². The second-order valence-corrected chi connectivity index (χ2v) is 7.56. The maximum absolute atomic E-state index is 11.5. The van der Waals surface area contributed by atoms with Crippen LogP contribution in [0.15, 0.2) is 10.4 Å². The molecule has 2 heterocycles. The number of nitrogens with zero attached hydrogens (tertiary/aromatic N) is 3. The Morgan fingerprint density at radius 3 is 2.76 bits per heavy atom. The summed E-state index contributed by atoms with van der Waals surface area (Å²) in [6, 6.07) is 0. The molecule has 2 rings (SSSR count). The number of thiazole rings is 1. The Hall–Kier alpha value is -1.63. The van der Waals surface area contributed by atoms with E-state index < -0.39 is 0 Å². The molecule has 1 aromatic heterocycles. The largest absolute Gasteiger partial charge is 0.359 e. The van der Waals surface area contributed by atoms with Gasteiger partial charge in [0.05, 0.1) is 5.01 Å². The summed E-state index contributed by atoms with van der Waals surface area (Å²) in [6.45, 7) is 4.93. The van der Waals surface area contributed by atoms with Crippen molar-refractivity contribution in [3.05, 3.63) is 16.1 Å². The number of aryl methyl sites for hydroxylation is 2. The minimum Gasteiger partial charge on any atom is -0.359 e. The summed E-state index contributed by atoms with van der Waals surface area (Å²) >= 11 is 1.76. The van der Waals surface area contributed by atoms with Gasteiger partial charge >= 0.3 is 0 Å². The second kappa shape index (κ2) is 10.4. The fourth-order valence-electron chi connectivity index (χ4n) is 3.16. The molecule has 25 heavy (non-hydrogen) atoms. The summed E-state index contributed by atoms with van der Waals surface area (Å²) in [7, 11) is 3.55. The monoisotopic (exact) mass is 365 g/mol. The Labute approximate surface area is 155 Å². The maximum atomic E-state index is 11.5. The number of rotatable bonds is 7. The first-order valence-corrected chi connectivity index (χ1v) is 10.1. The maximum Gasteiger partial charge on any atom is 0.220 e. The summed E-state index contributed by atoms with van der Waals surface area (Å²) in [5.74, 6) is 1.64. The molecule has 1 fully saturated rings. The topological polar surface area (TPSA) is 69.6 Å². The van der Waals surface area contributed by atoms with Crippen LogP contribution in [0.4, 0.5) is 0 Å². The summed E-state index contributed by atoms with van der Waals surface area (Å²) in [5, 5.41) is 9.55. The number of aromatic nitrogens is 1. The lowest BCUT2D eigenvalue weighted by molar-refractivity contribution is -0.121. The van der Waals surface area contributed by atoms with Gasteiger partial charge in [-0.2, -0.15) is 0 Å². The number of likely N-dealkylation sites (tertiary alicyclic amines) is 1. The number of nitrogens with one attached hydrogen (secondary N) is 2. The molecule has 140 valence electrons. The minimum atomic E-state index is 0.149. The van der Waals surface area contributed by atoms with Gasteiger partial charge in [0.1, 0.15) is 0 Å². The number of amides is 1. The van der Waals surface area contributed by atoms with Crippen LogP contribution in [-0.2, 0) is 11.2 Å². The van der Waals surface area contributed by atoms with E-state index in [9.17, 15) is 4.79 Å². The zero-order valence-electron chi connectivity index (χ0n) is 15.7. The molecule has 1 aliphatic rings. The summed E-state index contributed by atoms with van der Waals surface area (Å²) in [5.41, 5.74) is 1.12. The van der Waals surface area contributed by atoms with Gasteiger partial charge in [0.25, 0.3) is 0 Å². The van der Waals surface area contributed by atoms with Crippen molar-refractivity contribution in [2.24, 2.45) is 10.9 Å². The van der Waals surface area contributed by atoms with E-state index in [0.29, 0.717) is 12.3 Å². The van der Waals surface area contributed by atoms with Crippen LogP contribution < -0.4 is 10.6 Å². The molecule has 2 N–H and O–H groups in total. The normalized spacial score (nSPS) is 16.1. The van der Waals surface area contributed by atoms with E-state index in [2.05, 4.69) is 30.9 Å². The fraction of sp³-hybridized carbons (Fsp3) is 0.722. The molecule has 1 saturated heterocycles. The van der Waals surface area contributed by atoms with Crippen LogP contribution in [0, 0.1) is 12.8 Å². The van der Waals surface area contributed by atoms with Crippen LogP contribution in [0.2, 0.25) is 0 Å². The van der Waals surface area contributed by atoms with Crippen molar-refractivity contribution in [3.8, 4) is 0 Å². The third-order valence-electron chi connectivity index (χ3n) is 4.65. The molecule has 0 saturated carbocycles. The number of piperidine rings is 1. The van der Waals surface area contributed by atoms with Crippen LogP contribution >= 0.6 is 11.3 Å². The third kappa shape index (κ3) is 6.65. The van der Waals surface area contributed by atoms with Crippen molar-refractivity contribution in [1.29, 1.82) is 0 Å². The Morgan fingerprint density at radius 2 is 2.16 bits per heavy atom. The van der Waals surface area contributed by atoms with Crippen LogP contribution in [0.5, 0.6) is 0 Å². The molecule has 0 atom stereocenters. The smallest absolute Gasteiger partial charge is 0.220 e. The predicted octanol–water partition coefficient (Wildman–Crippen LogP) is 2.20. The van der Waals surface area contributed by atoms with E-state index in [1.807, 2.05) is 14.0 Å². The average molecular weight is 366 g/mol. The third-order valence-corrected chi connectivity index (χ3v) is 5.67. The number of aliphatic imine (C=N–C) groups is 1. The highest BCUT2D eigenvalue weighted by atomic mass is 32.1. The van der Waals surface area contributed by atoms with Gasteiger partial charge in [0.15, 0.2) is 5.96 Å². The molecule has 1 amide bonds. The zero-order chi connectivity index (χ0) is 18.1. The molecule has 1 aliphatic heterocycles. The van der Waals surface area contributed by atoms with Gasteiger partial charge in [-0.05, 0) is 44.9 Å². The van der Waals surface area contributed by atoms with Gasteiger partial charge in [-0.25, -0.2) is 4.98 Å². The molecule has 0 aliphatic carbocycles. The lowest BCUT2D eigenvalue weighted by Crippen LogP contribution is -2.46. The Bertz CT molecular complexity index is 564. The molecular weight excluding hydrogens is 334 g/mol. The molecule has 0 bridgehead atoms. The van der Waals surface area contributed by atoms with Crippen LogP contribution in [-0.4, -0.2) is 55.5 Å². The van der Waals surface area contributed by atoms with Crippen LogP contribution in [0.25, 0.3) is 0 Å². The number of carbonyl (C=O) groups excluding carboxylic acids is 1. The zero-order valence-corrected chi connectivity index (χ0v) is 16.5. The molecular formula is C18H31N5OS. The Kier molecular flexibility index (Phi) is 8.18. The van der Waals surface area contributed by atoms with Gasteiger partial charge in [-0.15, -0.1) is 11.3 Å². The summed E-state index contributed by atoms with van der Waals surface area (Å²) in [6.07, 6.45) is 6.07. The molecule has 1 aromatic rings. The lowest BCUT2D eigenvalue weighted by Gasteiger charge is -2.34. The van der Waals surface area contributed by atoms with Crippen LogP contribution in [0.1, 0.15) is 42.8 Å². The van der Waals surface area contributed by atoms with Crippen molar-refractivity contribution in [2.75, 3.05) is 33.7 Å². The highest BCUT2D eigenvalue weighted by Crippen LogP contribution is 2.20. The van der Waals surface area contributed by atoms with Crippen molar-refractivity contribution < 1.29 is 4.79 Å². The second-order valence-electron chi connectivity index (χ2n) is 6.62. The lowest BCUT2D eigenvalue weighted by atomic mass is 9.93. The fourth-order valence-corrected chi connectivity index (χ4v) is 3.98. The quantitative estimate of drug-likeness (QED) is 0.441. The highest BCUT2D eigenvalue weighted by Gasteiger charge is 2.22. The number of hydrogen-bond donors (Lipinski definition) is 2. The van der Waals surface area contributed by atoms with E-state index in [1.54, 1.807) is 18.4 Å². The predicted molar refractivity (Wildman–Crippen MR) is 104 cm³/mol. The molecule has 0 aromatic carbocycles. The van der Waals surface area contributed by atoms with Crippen molar-refractivity contribution >= 4 is 23.2 Å². The number of hydrogen-bond acceptors (Lipinski definition) is 4. The van der Waals surface area contributed by atoms with Crippen LogP contribution in [0.3, 0.4) is 0 Å². The van der Waals surface area contributed by atoms with Gasteiger partial charge in [0, 0.05) is 51.2 Å². The van der Waals surface area contributed by atoms with Gasteiger partial charge in [-0.3, -0.25) is 9.79 Å². The number of unbranched alkanes of at least 4 members (excludes halogenated alkanes) is 1. The molecule has 7 heteroatoms. The molecule has 6 nitrogen and oxygen atoms in total. The Balaban J connectivity index is 1.63. The average Bonchev–Trinajstić information content (AvgIpc) is 3.04. The van der Waals surface area contributed by atoms with Crippen molar-refractivity contribution in [1.82, 2.24) is 20.5 Å². The molecule has 0 spiro atoms. The van der Waals surface area contributed by atoms with E-state index in [0.717, 1.165) is 63.4 Å². The number of carbonyl (C=O) groups is 1. The van der Waals surface area contributed by atoms with Gasteiger partial charge in [-0.1, -0.05) is 0 Å². The van der Waals surface area contributed by atoms with E-state index in [1.165, 1.54) is 5.01 Å². The van der Waals surface area contributed by atoms with Gasteiger partial charge < -0.3 is 15.5 Å². The molecule has 0 radical (unpaired) electrons. The summed E-state index contributed by atoms with van der Waals surface area (Å²) < 4.78 is 0. The minimum absolute atomic E-state index is 0.149. The first-order chi connectivity index (χ1) is 12.1. The molecule has 0 unspecified atom stereocenters. The standard InChI is InChI=1S/C18H31N5OS/c1-14-13-25-17(22-14)6-4-5-9-21-18(20-3)23-10-7-15(8-11-23)12-16(24)19-2/h13,15H,4-12H2,1-3H3,(H,19,24)(H,20,21). The van der Waals surface area contributed by atoms with E-state index >= 15 is 0 Å². The summed E-state index contributed by atoms with van der Waals surface area (Å²) in [4.78, 5) is 22.7. The number of guanidine groups is 1. The SMILES string of the molecule is CN=C(NCCCCc1nc(C)cs1)N1CCC(CC(=O)NC)CC1. The van der Waals surface area contributed by atoms with Crippen molar-refractivity contribution in [2.45, 2.75) is 45.4 Å².